The Balaban J connectivity index is 0.000000360. The summed E-state index contributed by atoms with van der Waals surface area (Å²) in [5, 5.41) is 18.5. The van der Waals surface area contributed by atoms with Gasteiger partial charge in [0, 0.05) is 6.54 Å². The van der Waals surface area contributed by atoms with Crippen molar-refractivity contribution in [3.05, 3.63) is 42.0 Å². The van der Waals surface area contributed by atoms with E-state index in [2.05, 4.69) is 20.4 Å². The Labute approximate surface area is 181 Å². The number of nitrogens with one attached hydrogen (secondary N) is 1. The van der Waals surface area contributed by atoms with Gasteiger partial charge in [0.2, 0.25) is 5.91 Å². The number of carboxylic acid groups (broad SMARTS) is 1. The third-order valence-corrected chi connectivity index (χ3v) is 5.18. The van der Waals surface area contributed by atoms with E-state index in [-0.39, 0.29) is 24.2 Å². The normalized spacial score (nSPS) is 22.5. The van der Waals surface area contributed by atoms with Crippen LogP contribution in [0.5, 0.6) is 0 Å². The van der Waals surface area contributed by atoms with E-state index in [1.54, 1.807) is 6.26 Å². The minimum atomic E-state index is -5.08. The van der Waals surface area contributed by atoms with E-state index in [9.17, 15) is 18.0 Å². The Morgan fingerprint density at radius 1 is 1.22 bits per heavy atom. The van der Waals surface area contributed by atoms with Crippen LogP contribution in [0.15, 0.2) is 34.9 Å². The number of carbonyl (C=O) groups excluding carboxylic acids is 1. The number of carboxylic acids is 1. The molecule has 0 radical (unpaired) electrons. The predicted molar refractivity (Wildman–Crippen MR) is 105 cm³/mol. The lowest BCUT2D eigenvalue weighted by Gasteiger charge is -2.35. The standard InChI is InChI=1S/C18H22N4O3.C2HF3O2/c1-12-4-7-17(21-20-12)22-9-8-15-14(22)5-6-16(25-15)18(23)19-11-13-3-2-10-24-13;3-2(4,5)1(6)7/h2-4,7,10,14-16H,5-6,8-9,11H2,1H3,(H,19,23);(H,6,7)/t14-,15-,16-;/m1./s1. The molecule has 0 bridgehead atoms. The van der Waals surface area contributed by atoms with Gasteiger partial charge in [-0.2, -0.15) is 18.3 Å². The first kappa shape index (κ1) is 23.5. The Morgan fingerprint density at radius 3 is 2.56 bits per heavy atom. The van der Waals surface area contributed by atoms with Crippen LogP contribution in [0.4, 0.5) is 19.0 Å². The van der Waals surface area contributed by atoms with Gasteiger partial charge in [0.25, 0.3) is 0 Å². The van der Waals surface area contributed by atoms with Crippen LogP contribution in [-0.2, 0) is 20.9 Å². The van der Waals surface area contributed by atoms with Crippen LogP contribution in [0.25, 0.3) is 0 Å². The van der Waals surface area contributed by atoms with Gasteiger partial charge in [-0.15, -0.1) is 5.10 Å². The number of aromatic nitrogens is 2. The summed E-state index contributed by atoms with van der Waals surface area (Å²) in [6.45, 7) is 3.21. The lowest BCUT2D eigenvalue weighted by Crippen LogP contribution is -2.48. The van der Waals surface area contributed by atoms with E-state index in [0.717, 1.165) is 36.7 Å². The quantitative estimate of drug-likeness (QED) is 0.721. The second-order valence-corrected chi connectivity index (χ2v) is 7.42. The molecule has 0 aliphatic carbocycles. The molecule has 0 unspecified atom stereocenters. The van der Waals surface area contributed by atoms with E-state index >= 15 is 0 Å². The summed E-state index contributed by atoms with van der Waals surface area (Å²) in [4.78, 5) is 23.5. The number of amides is 1. The van der Waals surface area contributed by atoms with Gasteiger partial charge in [-0.1, -0.05) is 0 Å². The fourth-order valence-corrected chi connectivity index (χ4v) is 3.65. The van der Waals surface area contributed by atoms with Gasteiger partial charge in [0.05, 0.1) is 30.6 Å². The topological polar surface area (TPSA) is 118 Å². The second kappa shape index (κ2) is 9.98. The van der Waals surface area contributed by atoms with E-state index < -0.39 is 12.1 Å². The molecule has 174 valence electrons. The van der Waals surface area contributed by atoms with Gasteiger partial charge in [-0.05, 0) is 50.5 Å². The van der Waals surface area contributed by atoms with Gasteiger partial charge in [0.1, 0.15) is 11.9 Å². The van der Waals surface area contributed by atoms with Crippen molar-refractivity contribution in [3.8, 4) is 0 Å². The second-order valence-electron chi connectivity index (χ2n) is 7.42. The summed E-state index contributed by atoms with van der Waals surface area (Å²) in [5.41, 5.74) is 0.910. The minimum Gasteiger partial charge on any atom is -0.475 e. The van der Waals surface area contributed by atoms with E-state index in [0.29, 0.717) is 13.0 Å². The molecule has 2 aromatic heterocycles. The zero-order valence-corrected chi connectivity index (χ0v) is 17.2. The zero-order valence-electron chi connectivity index (χ0n) is 17.2. The maximum atomic E-state index is 12.4. The number of carbonyl (C=O) groups is 2. The average molecular weight is 456 g/mol. The molecular formula is C20H23F3N4O5. The number of nitrogens with zero attached hydrogens (tertiary/aromatic N) is 3. The zero-order chi connectivity index (χ0) is 23.3. The molecule has 3 atom stereocenters. The van der Waals surface area contributed by atoms with E-state index in [1.165, 1.54) is 0 Å². The highest BCUT2D eigenvalue weighted by Crippen LogP contribution is 2.34. The number of alkyl halides is 3. The summed E-state index contributed by atoms with van der Waals surface area (Å²) in [7, 11) is 0. The van der Waals surface area contributed by atoms with Crippen LogP contribution in [0, 0.1) is 6.92 Å². The van der Waals surface area contributed by atoms with Crippen molar-refractivity contribution in [2.24, 2.45) is 0 Å². The molecule has 4 heterocycles. The fourth-order valence-electron chi connectivity index (χ4n) is 3.65. The molecule has 2 aromatic rings. The van der Waals surface area contributed by atoms with Gasteiger partial charge in [0.15, 0.2) is 5.82 Å². The van der Waals surface area contributed by atoms with Crippen LogP contribution < -0.4 is 10.2 Å². The molecule has 2 aliphatic heterocycles. The highest BCUT2D eigenvalue weighted by molar-refractivity contribution is 5.80. The van der Waals surface area contributed by atoms with Gasteiger partial charge >= 0.3 is 12.1 Å². The molecule has 0 saturated carbocycles. The number of anilines is 1. The number of halogens is 3. The lowest BCUT2D eigenvalue weighted by atomic mass is 9.98. The summed E-state index contributed by atoms with van der Waals surface area (Å²) in [5.74, 6) is -1.19. The molecule has 0 spiro atoms. The van der Waals surface area contributed by atoms with Crippen LogP contribution in [-0.4, -0.2) is 58.2 Å². The Morgan fingerprint density at radius 2 is 1.97 bits per heavy atom. The summed E-state index contributed by atoms with van der Waals surface area (Å²) in [6.07, 6.45) is -1.27. The molecule has 12 heteroatoms. The number of aryl methyl sites for hydroxylation is 1. The monoisotopic (exact) mass is 456 g/mol. The number of hydrogen-bond donors (Lipinski definition) is 2. The SMILES string of the molecule is Cc1ccc(N2CC[C@H]3O[C@@H](C(=O)NCc4ccco4)CC[C@H]32)nn1.O=C(O)C(F)(F)F. The lowest BCUT2D eigenvalue weighted by molar-refractivity contribution is -0.192. The highest BCUT2D eigenvalue weighted by Gasteiger charge is 2.42. The van der Waals surface area contributed by atoms with Crippen molar-refractivity contribution >= 4 is 17.7 Å². The first-order chi connectivity index (χ1) is 15.1. The fraction of sp³-hybridized carbons (Fsp3) is 0.500. The summed E-state index contributed by atoms with van der Waals surface area (Å²) in [6, 6.07) is 7.91. The molecule has 2 saturated heterocycles. The maximum Gasteiger partial charge on any atom is 0.490 e. The van der Waals surface area contributed by atoms with Gasteiger partial charge in [-0.3, -0.25) is 4.79 Å². The molecule has 32 heavy (non-hydrogen) atoms. The smallest absolute Gasteiger partial charge is 0.475 e. The minimum absolute atomic E-state index is 0.0659. The molecule has 2 fully saturated rings. The number of furan rings is 1. The Bertz CT molecular complexity index is 905. The van der Waals surface area contributed by atoms with Crippen molar-refractivity contribution in [2.75, 3.05) is 11.4 Å². The molecule has 2 N–H and O–H groups in total. The van der Waals surface area contributed by atoms with Gasteiger partial charge < -0.3 is 24.5 Å². The first-order valence-corrected chi connectivity index (χ1v) is 9.98. The van der Waals surface area contributed by atoms with Crippen LogP contribution in [0.1, 0.15) is 30.7 Å². The molecule has 4 rings (SSSR count). The average Bonchev–Trinajstić information content (AvgIpc) is 3.42. The third-order valence-electron chi connectivity index (χ3n) is 5.18. The number of ether oxygens (including phenoxy) is 1. The molecule has 1 amide bonds. The molecule has 2 aliphatic rings. The third kappa shape index (κ3) is 5.96. The van der Waals surface area contributed by atoms with Crippen molar-refractivity contribution in [1.29, 1.82) is 0 Å². The molecule has 9 nitrogen and oxygen atoms in total. The first-order valence-electron chi connectivity index (χ1n) is 9.98. The van der Waals surface area contributed by atoms with E-state index in [1.807, 2.05) is 31.2 Å². The van der Waals surface area contributed by atoms with Crippen LogP contribution in [0.3, 0.4) is 0 Å². The maximum absolute atomic E-state index is 12.4. The largest absolute Gasteiger partial charge is 0.490 e. The van der Waals surface area contributed by atoms with E-state index in [4.69, 9.17) is 19.1 Å². The Hall–Kier alpha value is -3.15. The number of rotatable bonds is 4. The Kier molecular flexibility index (Phi) is 7.33. The summed E-state index contributed by atoms with van der Waals surface area (Å²) >= 11 is 0. The van der Waals surface area contributed by atoms with Crippen molar-refractivity contribution in [2.45, 2.75) is 57.2 Å². The van der Waals surface area contributed by atoms with Crippen LogP contribution >= 0.6 is 0 Å². The number of hydrogen-bond acceptors (Lipinski definition) is 7. The molecule has 0 aromatic carbocycles. The number of aliphatic carboxylic acids is 1. The van der Waals surface area contributed by atoms with Crippen molar-refractivity contribution in [3.63, 3.8) is 0 Å². The number of fused-ring (bicyclic) bond motifs is 1. The van der Waals surface area contributed by atoms with Crippen molar-refractivity contribution < 1.29 is 37.0 Å². The highest BCUT2D eigenvalue weighted by atomic mass is 19.4. The predicted octanol–water partition coefficient (Wildman–Crippen LogP) is 2.45. The van der Waals surface area contributed by atoms with Gasteiger partial charge in [-0.25, -0.2) is 4.79 Å². The summed E-state index contributed by atoms with van der Waals surface area (Å²) < 4.78 is 43.1. The molecular weight excluding hydrogens is 433 g/mol. The van der Waals surface area contributed by atoms with Crippen molar-refractivity contribution in [1.82, 2.24) is 15.5 Å². The van der Waals surface area contributed by atoms with Crippen LogP contribution in [0.2, 0.25) is 0 Å².